The van der Waals surface area contributed by atoms with Gasteiger partial charge in [0.25, 0.3) is 0 Å². The molecule has 2 heterocycles. The maximum Gasteiger partial charge on any atom is 0.144 e. The van der Waals surface area contributed by atoms with Crippen LogP contribution < -0.4 is 15.4 Å². The van der Waals surface area contributed by atoms with Gasteiger partial charge in [0.15, 0.2) is 0 Å². The number of hydrogen-bond acceptors (Lipinski definition) is 4. The third kappa shape index (κ3) is 2.01. The molecule has 0 bridgehead atoms. The second-order valence-corrected chi connectivity index (χ2v) is 5.09. The van der Waals surface area contributed by atoms with Gasteiger partial charge in [-0.15, -0.1) is 0 Å². The van der Waals surface area contributed by atoms with Crippen LogP contribution in [0.1, 0.15) is 19.8 Å². The number of anilines is 2. The van der Waals surface area contributed by atoms with Gasteiger partial charge in [0.2, 0.25) is 0 Å². The molecule has 1 saturated heterocycles. The minimum Gasteiger partial charge on any atom is -0.491 e. The molecule has 0 amide bonds. The van der Waals surface area contributed by atoms with Gasteiger partial charge in [-0.25, -0.2) is 0 Å². The minimum absolute atomic E-state index is 0.0659. The summed E-state index contributed by atoms with van der Waals surface area (Å²) in [5.41, 5.74) is 2.28. The van der Waals surface area contributed by atoms with Crippen molar-refractivity contribution in [3.05, 3.63) is 18.2 Å². The summed E-state index contributed by atoms with van der Waals surface area (Å²) >= 11 is 0. The number of benzene rings is 1. The molecule has 2 aliphatic rings. The predicted octanol–water partition coefficient (Wildman–Crippen LogP) is 2.47. The average molecular weight is 248 g/mol. The highest BCUT2D eigenvalue weighted by Crippen LogP contribution is 2.39. The fourth-order valence-corrected chi connectivity index (χ4v) is 2.58. The van der Waals surface area contributed by atoms with E-state index in [1.807, 2.05) is 12.1 Å². The molecule has 4 nitrogen and oxygen atoms in total. The number of rotatable bonds is 3. The molecule has 1 aromatic rings. The Hall–Kier alpha value is -1.42. The van der Waals surface area contributed by atoms with E-state index in [1.165, 1.54) is 0 Å². The van der Waals surface area contributed by atoms with Crippen molar-refractivity contribution in [1.82, 2.24) is 0 Å². The molecule has 1 spiro atoms. The lowest BCUT2D eigenvalue weighted by molar-refractivity contribution is 0.183. The largest absolute Gasteiger partial charge is 0.491 e. The molecule has 2 aliphatic heterocycles. The summed E-state index contributed by atoms with van der Waals surface area (Å²) in [5, 5.41) is 7.13. The molecular weight excluding hydrogens is 228 g/mol. The van der Waals surface area contributed by atoms with E-state index in [0.717, 1.165) is 56.3 Å². The Morgan fingerprint density at radius 2 is 2.39 bits per heavy atom. The van der Waals surface area contributed by atoms with Gasteiger partial charge in [-0.1, -0.05) is 13.0 Å². The second kappa shape index (κ2) is 4.69. The van der Waals surface area contributed by atoms with E-state index < -0.39 is 0 Å². The van der Waals surface area contributed by atoms with Gasteiger partial charge in [0.1, 0.15) is 11.4 Å². The zero-order valence-corrected chi connectivity index (χ0v) is 10.8. The van der Waals surface area contributed by atoms with Crippen LogP contribution in [0, 0.1) is 0 Å². The molecule has 0 radical (unpaired) electrons. The molecule has 4 heteroatoms. The topological polar surface area (TPSA) is 42.5 Å². The Labute approximate surface area is 108 Å². The molecule has 0 aliphatic carbocycles. The Bertz CT molecular complexity index is 428. The van der Waals surface area contributed by atoms with Crippen LogP contribution in [-0.4, -0.2) is 31.9 Å². The van der Waals surface area contributed by atoms with Crippen molar-refractivity contribution >= 4 is 11.4 Å². The van der Waals surface area contributed by atoms with Gasteiger partial charge in [-0.2, -0.15) is 0 Å². The zero-order chi connectivity index (χ0) is 12.4. The number of para-hydroxylation sites is 1. The highest BCUT2D eigenvalue weighted by atomic mass is 16.5. The standard InChI is InChI=1S/C14H20N2O2/c1-2-7-18-12-5-3-4-11-13(12)15-9-14(16-11)6-8-17-10-14/h3-5,15-16H,2,6-10H2,1H3. The summed E-state index contributed by atoms with van der Waals surface area (Å²) in [6, 6.07) is 6.15. The fraction of sp³-hybridized carbons (Fsp3) is 0.571. The quantitative estimate of drug-likeness (QED) is 0.862. The Morgan fingerprint density at radius 1 is 1.44 bits per heavy atom. The van der Waals surface area contributed by atoms with Crippen LogP contribution in [0.15, 0.2) is 18.2 Å². The van der Waals surface area contributed by atoms with Crippen molar-refractivity contribution in [3.63, 3.8) is 0 Å². The third-order valence-corrected chi connectivity index (χ3v) is 3.59. The SMILES string of the molecule is CCCOc1cccc2c1NCC1(CCOC1)N2. The highest BCUT2D eigenvalue weighted by molar-refractivity contribution is 5.78. The first-order chi connectivity index (χ1) is 8.83. The van der Waals surface area contributed by atoms with E-state index in [2.05, 4.69) is 23.6 Å². The van der Waals surface area contributed by atoms with Gasteiger partial charge in [0.05, 0.1) is 24.4 Å². The summed E-state index contributed by atoms with van der Waals surface area (Å²) in [6.45, 7) is 5.39. The first-order valence-electron chi connectivity index (χ1n) is 6.69. The number of fused-ring (bicyclic) bond motifs is 1. The Kier molecular flexibility index (Phi) is 3.04. The predicted molar refractivity (Wildman–Crippen MR) is 72.5 cm³/mol. The van der Waals surface area contributed by atoms with Crippen LogP contribution >= 0.6 is 0 Å². The van der Waals surface area contributed by atoms with Crippen molar-refractivity contribution in [3.8, 4) is 5.75 Å². The van der Waals surface area contributed by atoms with Gasteiger partial charge in [-0.05, 0) is 25.0 Å². The first-order valence-corrected chi connectivity index (χ1v) is 6.69. The molecular formula is C14H20N2O2. The van der Waals surface area contributed by atoms with Crippen molar-refractivity contribution in [1.29, 1.82) is 0 Å². The molecule has 2 N–H and O–H groups in total. The van der Waals surface area contributed by atoms with Crippen LogP contribution in [0.3, 0.4) is 0 Å². The van der Waals surface area contributed by atoms with Crippen LogP contribution in [0.25, 0.3) is 0 Å². The minimum atomic E-state index is 0.0659. The molecule has 1 unspecified atom stereocenters. The van der Waals surface area contributed by atoms with Crippen LogP contribution in [0.4, 0.5) is 11.4 Å². The lowest BCUT2D eigenvalue weighted by Crippen LogP contribution is -2.48. The number of ether oxygens (including phenoxy) is 2. The molecule has 98 valence electrons. The summed E-state index contributed by atoms with van der Waals surface area (Å²) in [7, 11) is 0. The fourth-order valence-electron chi connectivity index (χ4n) is 2.58. The van der Waals surface area contributed by atoms with Gasteiger partial charge < -0.3 is 20.1 Å². The van der Waals surface area contributed by atoms with E-state index in [1.54, 1.807) is 0 Å². The maximum absolute atomic E-state index is 5.77. The van der Waals surface area contributed by atoms with E-state index in [0.29, 0.717) is 0 Å². The molecule has 3 rings (SSSR count). The van der Waals surface area contributed by atoms with Crippen molar-refractivity contribution in [2.24, 2.45) is 0 Å². The summed E-state index contributed by atoms with van der Waals surface area (Å²) < 4.78 is 11.3. The summed E-state index contributed by atoms with van der Waals surface area (Å²) in [4.78, 5) is 0. The van der Waals surface area contributed by atoms with E-state index in [9.17, 15) is 0 Å². The van der Waals surface area contributed by atoms with Gasteiger partial charge in [0, 0.05) is 13.2 Å². The molecule has 0 aromatic heterocycles. The molecule has 1 fully saturated rings. The average Bonchev–Trinajstić information content (AvgIpc) is 2.84. The zero-order valence-electron chi connectivity index (χ0n) is 10.8. The van der Waals surface area contributed by atoms with Crippen molar-refractivity contribution < 1.29 is 9.47 Å². The smallest absolute Gasteiger partial charge is 0.144 e. The Balaban J connectivity index is 1.83. The van der Waals surface area contributed by atoms with Crippen molar-refractivity contribution in [2.45, 2.75) is 25.3 Å². The lowest BCUT2D eigenvalue weighted by Gasteiger charge is -2.37. The third-order valence-electron chi connectivity index (χ3n) is 3.59. The van der Waals surface area contributed by atoms with Gasteiger partial charge >= 0.3 is 0 Å². The monoisotopic (exact) mass is 248 g/mol. The van der Waals surface area contributed by atoms with Crippen LogP contribution in [0.5, 0.6) is 5.75 Å². The second-order valence-electron chi connectivity index (χ2n) is 5.09. The van der Waals surface area contributed by atoms with Crippen LogP contribution in [0.2, 0.25) is 0 Å². The normalized spacial score (nSPS) is 25.4. The summed E-state index contributed by atoms with van der Waals surface area (Å²) in [6.07, 6.45) is 2.08. The maximum atomic E-state index is 5.77. The van der Waals surface area contributed by atoms with Crippen LogP contribution in [-0.2, 0) is 4.74 Å². The molecule has 1 aromatic carbocycles. The molecule has 1 atom stereocenters. The van der Waals surface area contributed by atoms with Crippen molar-refractivity contribution in [2.75, 3.05) is 37.0 Å². The highest BCUT2D eigenvalue weighted by Gasteiger charge is 2.38. The number of hydrogen-bond donors (Lipinski definition) is 2. The van der Waals surface area contributed by atoms with E-state index >= 15 is 0 Å². The van der Waals surface area contributed by atoms with E-state index in [-0.39, 0.29) is 5.54 Å². The molecule has 18 heavy (non-hydrogen) atoms. The van der Waals surface area contributed by atoms with Gasteiger partial charge in [-0.3, -0.25) is 0 Å². The Morgan fingerprint density at radius 3 is 3.17 bits per heavy atom. The first kappa shape index (κ1) is 11.7. The van der Waals surface area contributed by atoms with E-state index in [4.69, 9.17) is 9.47 Å². The summed E-state index contributed by atoms with van der Waals surface area (Å²) in [5.74, 6) is 0.940. The molecule has 0 saturated carbocycles. The lowest BCUT2D eigenvalue weighted by atomic mass is 9.95. The number of nitrogens with one attached hydrogen (secondary N) is 2.